The molecule has 0 spiro atoms. The van der Waals surface area contributed by atoms with E-state index in [9.17, 15) is 9.90 Å². The molecule has 6 aromatic rings. The standard InChI is InChI=1S/C41H41Cl2N5O4/c1-20-11-14-31-32(24(5)37(41(50)51)46(31)8)36(20)47-18-23(4)48-38-29(12-13-30(42)34(38)33-25(6)44-19-45-26(33)7)28(39(48)40(47)49)10-9-15-52-27-16-21(2)35(43)22(3)17-27/h11-14,16-17,19,23H,9-10,15,18H2,1-8H3,(H,50,51)/t23-/m1/s1. The van der Waals surface area contributed by atoms with E-state index < -0.39 is 5.97 Å². The highest BCUT2D eigenvalue weighted by molar-refractivity contribution is 6.35. The van der Waals surface area contributed by atoms with Crippen LogP contribution in [0.1, 0.15) is 79.6 Å². The van der Waals surface area contributed by atoms with Crippen molar-refractivity contribution in [2.75, 3.05) is 18.1 Å². The summed E-state index contributed by atoms with van der Waals surface area (Å²) in [5, 5.41) is 13.1. The summed E-state index contributed by atoms with van der Waals surface area (Å²) in [4.78, 5) is 38.4. The van der Waals surface area contributed by atoms with Crippen LogP contribution in [0, 0.1) is 41.5 Å². The van der Waals surface area contributed by atoms with Gasteiger partial charge in [0.05, 0.1) is 28.4 Å². The highest BCUT2D eigenvalue weighted by atomic mass is 35.5. The number of anilines is 1. The summed E-state index contributed by atoms with van der Waals surface area (Å²) in [5.74, 6) is -0.401. The number of fused-ring (bicyclic) bond motifs is 4. The van der Waals surface area contributed by atoms with E-state index in [0.29, 0.717) is 42.3 Å². The van der Waals surface area contributed by atoms with Gasteiger partial charge >= 0.3 is 5.97 Å². The second-order valence-electron chi connectivity index (χ2n) is 14.0. The molecule has 0 saturated carbocycles. The first kappa shape index (κ1) is 35.5. The second kappa shape index (κ2) is 13.3. The molecule has 11 heteroatoms. The van der Waals surface area contributed by atoms with Gasteiger partial charge in [-0.25, -0.2) is 14.8 Å². The lowest BCUT2D eigenvalue weighted by Crippen LogP contribution is -2.43. The van der Waals surface area contributed by atoms with Crippen molar-refractivity contribution in [3.63, 3.8) is 0 Å². The van der Waals surface area contributed by atoms with Crippen LogP contribution >= 0.6 is 23.2 Å². The Bertz CT molecular complexity index is 2440. The number of rotatable bonds is 8. The number of halogens is 2. The van der Waals surface area contributed by atoms with E-state index in [2.05, 4.69) is 21.5 Å². The monoisotopic (exact) mass is 737 g/mol. The van der Waals surface area contributed by atoms with E-state index in [4.69, 9.17) is 27.9 Å². The summed E-state index contributed by atoms with van der Waals surface area (Å²) >= 11 is 13.5. The Hall–Kier alpha value is -4.86. The molecule has 9 nitrogen and oxygen atoms in total. The number of carbonyl (C=O) groups is 2. The molecule has 7 rings (SSSR count). The van der Waals surface area contributed by atoms with Crippen molar-refractivity contribution >= 4 is 62.6 Å². The molecule has 1 aliphatic heterocycles. The number of aryl methyl sites for hydroxylation is 8. The molecule has 4 heterocycles. The van der Waals surface area contributed by atoms with E-state index in [1.165, 1.54) is 0 Å². The minimum atomic E-state index is -1.01. The van der Waals surface area contributed by atoms with Crippen LogP contribution in [-0.2, 0) is 13.5 Å². The minimum Gasteiger partial charge on any atom is -0.494 e. The molecule has 1 aliphatic rings. The van der Waals surface area contributed by atoms with Gasteiger partial charge in [-0.3, -0.25) is 4.79 Å². The Morgan fingerprint density at radius 2 is 1.63 bits per heavy atom. The summed E-state index contributed by atoms with van der Waals surface area (Å²) in [6, 6.07) is 11.5. The summed E-state index contributed by atoms with van der Waals surface area (Å²) < 4.78 is 10.1. The molecule has 0 saturated heterocycles. The average molecular weight is 739 g/mol. The molecule has 0 bridgehead atoms. The molecular weight excluding hydrogens is 697 g/mol. The number of amides is 1. The summed E-state index contributed by atoms with van der Waals surface area (Å²) in [5.41, 5.74) is 10.8. The van der Waals surface area contributed by atoms with Gasteiger partial charge < -0.3 is 23.9 Å². The van der Waals surface area contributed by atoms with Crippen molar-refractivity contribution in [3.8, 4) is 16.9 Å². The molecule has 268 valence electrons. The van der Waals surface area contributed by atoms with Crippen molar-refractivity contribution < 1.29 is 19.4 Å². The van der Waals surface area contributed by atoms with Crippen LogP contribution in [0.4, 0.5) is 5.69 Å². The molecule has 1 atom stereocenters. The lowest BCUT2D eigenvalue weighted by molar-refractivity contribution is 0.0686. The van der Waals surface area contributed by atoms with Crippen LogP contribution in [0.15, 0.2) is 42.7 Å². The third kappa shape index (κ3) is 5.53. The van der Waals surface area contributed by atoms with Gasteiger partial charge in [0.2, 0.25) is 0 Å². The van der Waals surface area contributed by atoms with Crippen molar-refractivity contribution in [3.05, 3.63) is 103 Å². The van der Waals surface area contributed by atoms with Gasteiger partial charge in [-0.2, -0.15) is 0 Å². The first-order chi connectivity index (χ1) is 24.7. The number of benzene rings is 3. The average Bonchev–Trinajstić information content (AvgIpc) is 3.55. The predicted octanol–water partition coefficient (Wildman–Crippen LogP) is 9.68. The normalized spacial score (nSPS) is 14.5. The van der Waals surface area contributed by atoms with Crippen LogP contribution in [0.3, 0.4) is 0 Å². The third-order valence-corrected chi connectivity index (χ3v) is 11.4. The maximum absolute atomic E-state index is 15.2. The number of carboxylic acids is 1. The fourth-order valence-electron chi connectivity index (χ4n) is 8.22. The number of aromatic nitrogens is 4. The lowest BCUT2D eigenvalue weighted by atomic mass is 9.97. The zero-order valence-corrected chi connectivity index (χ0v) is 32.1. The number of carboxylic acid groups (broad SMARTS) is 1. The first-order valence-electron chi connectivity index (χ1n) is 17.4. The van der Waals surface area contributed by atoms with Crippen molar-refractivity contribution in [2.24, 2.45) is 7.05 Å². The molecule has 1 N–H and O–H groups in total. The number of hydrogen-bond acceptors (Lipinski definition) is 5. The number of ether oxygens (including phenoxy) is 1. The van der Waals surface area contributed by atoms with Crippen LogP contribution in [0.2, 0.25) is 10.0 Å². The van der Waals surface area contributed by atoms with Crippen molar-refractivity contribution in [1.82, 2.24) is 19.1 Å². The molecule has 0 unspecified atom stereocenters. The fourth-order valence-corrected chi connectivity index (χ4v) is 8.57. The van der Waals surface area contributed by atoms with Crippen molar-refractivity contribution in [2.45, 2.75) is 67.3 Å². The zero-order valence-electron chi connectivity index (χ0n) is 30.6. The highest BCUT2D eigenvalue weighted by Crippen LogP contribution is 2.46. The number of carbonyl (C=O) groups excluding carboxylic acids is 1. The molecule has 3 aromatic heterocycles. The largest absolute Gasteiger partial charge is 0.494 e. The molecular formula is C41H41Cl2N5O4. The van der Waals surface area contributed by atoms with E-state index in [0.717, 1.165) is 83.0 Å². The van der Waals surface area contributed by atoms with Gasteiger partial charge in [0.1, 0.15) is 23.5 Å². The van der Waals surface area contributed by atoms with E-state index in [-0.39, 0.29) is 17.6 Å². The number of hydrogen-bond donors (Lipinski definition) is 1. The minimum absolute atomic E-state index is 0.148. The van der Waals surface area contributed by atoms with Gasteiger partial charge in [-0.1, -0.05) is 35.3 Å². The maximum Gasteiger partial charge on any atom is 0.352 e. The zero-order chi connectivity index (χ0) is 37.3. The number of aromatic carboxylic acids is 1. The van der Waals surface area contributed by atoms with E-state index >= 15 is 4.79 Å². The lowest BCUT2D eigenvalue weighted by Gasteiger charge is -2.35. The maximum atomic E-state index is 15.2. The van der Waals surface area contributed by atoms with Gasteiger partial charge in [0.25, 0.3) is 5.91 Å². The van der Waals surface area contributed by atoms with Gasteiger partial charge in [0, 0.05) is 57.9 Å². The molecule has 1 amide bonds. The van der Waals surface area contributed by atoms with Crippen molar-refractivity contribution in [1.29, 1.82) is 0 Å². The Morgan fingerprint density at radius 3 is 2.29 bits per heavy atom. The van der Waals surface area contributed by atoms with Gasteiger partial charge in [-0.05, 0) is 113 Å². The highest BCUT2D eigenvalue weighted by Gasteiger charge is 2.38. The van der Waals surface area contributed by atoms with Crippen LogP contribution in [0.5, 0.6) is 5.75 Å². The Labute approximate surface area is 312 Å². The summed E-state index contributed by atoms with van der Waals surface area (Å²) in [6.07, 6.45) is 2.77. The smallest absolute Gasteiger partial charge is 0.352 e. The molecule has 52 heavy (non-hydrogen) atoms. The SMILES string of the molecule is Cc1cc(OCCCc2c3n(c4c(-c5c(C)ncnc5C)c(Cl)ccc24)[C@H](C)CN(c2c(C)ccc4c2c(C)c(C(=O)O)n4C)C3=O)cc(C)c1Cl. The quantitative estimate of drug-likeness (QED) is 0.156. The van der Waals surface area contributed by atoms with Crippen LogP contribution < -0.4 is 9.64 Å². The first-order valence-corrected chi connectivity index (χ1v) is 18.2. The van der Waals surface area contributed by atoms with Gasteiger partial charge in [-0.15, -0.1) is 0 Å². The predicted molar refractivity (Wildman–Crippen MR) is 208 cm³/mol. The number of nitrogens with zero attached hydrogens (tertiary/aromatic N) is 5. The van der Waals surface area contributed by atoms with E-state index in [1.807, 2.05) is 82.8 Å². The summed E-state index contributed by atoms with van der Waals surface area (Å²) in [7, 11) is 1.76. The molecule has 0 fully saturated rings. The summed E-state index contributed by atoms with van der Waals surface area (Å²) in [6.45, 7) is 14.5. The van der Waals surface area contributed by atoms with Crippen LogP contribution in [-0.4, -0.2) is 49.2 Å². The molecule has 0 aliphatic carbocycles. The molecule has 0 radical (unpaired) electrons. The Morgan fingerprint density at radius 1 is 0.962 bits per heavy atom. The Kier molecular flexibility index (Phi) is 9.08. The third-order valence-electron chi connectivity index (χ3n) is 10.5. The van der Waals surface area contributed by atoms with Crippen LogP contribution in [0.25, 0.3) is 32.9 Å². The second-order valence-corrected chi connectivity index (χ2v) is 14.8. The molecule has 3 aromatic carbocycles. The Balaban J connectivity index is 1.41. The van der Waals surface area contributed by atoms with Gasteiger partial charge in [0.15, 0.2) is 0 Å². The fraction of sp³-hybridized carbons (Fsp3) is 0.317. The van der Waals surface area contributed by atoms with E-state index in [1.54, 1.807) is 17.9 Å². The topological polar surface area (TPSA) is 102 Å².